The van der Waals surface area contributed by atoms with Crippen LogP contribution < -0.4 is 11.1 Å². The van der Waals surface area contributed by atoms with Gasteiger partial charge in [0.05, 0.1) is 5.25 Å². The molecular formula is C10H22N2OS. The molecule has 0 aromatic carbocycles. The highest BCUT2D eigenvalue weighted by Crippen LogP contribution is 2.10. The summed E-state index contributed by atoms with van der Waals surface area (Å²) in [4.78, 5) is 11.6. The molecule has 0 heterocycles. The molecule has 84 valence electrons. The smallest absolute Gasteiger partial charge is 0.233 e. The Morgan fingerprint density at radius 3 is 2.43 bits per heavy atom. The van der Waals surface area contributed by atoms with E-state index in [0.717, 1.165) is 18.6 Å². The molecular weight excluding hydrogens is 196 g/mol. The van der Waals surface area contributed by atoms with E-state index >= 15 is 0 Å². The van der Waals surface area contributed by atoms with Crippen LogP contribution in [0.2, 0.25) is 0 Å². The van der Waals surface area contributed by atoms with Crippen LogP contribution in [0.15, 0.2) is 0 Å². The van der Waals surface area contributed by atoms with Crippen molar-refractivity contribution in [2.45, 2.75) is 44.9 Å². The number of carbonyl (C=O) groups is 1. The molecule has 0 aromatic heterocycles. The highest BCUT2D eigenvalue weighted by atomic mass is 32.2. The lowest BCUT2D eigenvalue weighted by Gasteiger charge is -2.17. The molecule has 0 bridgehead atoms. The highest BCUT2D eigenvalue weighted by molar-refractivity contribution is 8.00. The maximum Gasteiger partial charge on any atom is 0.233 e. The number of hydrogen-bond donors (Lipinski definition) is 2. The van der Waals surface area contributed by atoms with E-state index in [1.165, 1.54) is 0 Å². The molecule has 0 saturated carbocycles. The van der Waals surface area contributed by atoms with Crippen LogP contribution in [0.5, 0.6) is 0 Å². The van der Waals surface area contributed by atoms with E-state index in [-0.39, 0.29) is 11.2 Å². The Morgan fingerprint density at radius 2 is 2.00 bits per heavy atom. The molecule has 0 aliphatic rings. The summed E-state index contributed by atoms with van der Waals surface area (Å²) < 4.78 is 0. The molecule has 1 unspecified atom stereocenters. The van der Waals surface area contributed by atoms with Gasteiger partial charge in [-0.25, -0.2) is 0 Å². The SMILES string of the molecule is CCC(CC)NC(=O)C(C)SCCN. The molecule has 0 aromatic rings. The lowest BCUT2D eigenvalue weighted by Crippen LogP contribution is -2.38. The Bertz CT molecular complexity index is 160. The van der Waals surface area contributed by atoms with Crippen LogP contribution in [0.4, 0.5) is 0 Å². The Balaban J connectivity index is 3.81. The van der Waals surface area contributed by atoms with Gasteiger partial charge in [0.25, 0.3) is 0 Å². The number of thioether (sulfide) groups is 1. The minimum Gasteiger partial charge on any atom is -0.352 e. The van der Waals surface area contributed by atoms with Gasteiger partial charge in [0.15, 0.2) is 0 Å². The Morgan fingerprint density at radius 1 is 1.43 bits per heavy atom. The van der Waals surface area contributed by atoms with Crippen molar-refractivity contribution >= 4 is 17.7 Å². The number of hydrogen-bond acceptors (Lipinski definition) is 3. The van der Waals surface area contributed by atoms with Gasteiger partial charge >= 0.3 is 0 Å². The van der Waals surface area contributed by atoms with Gasteiger partial charge < -0.3 is 11.1 Å². The van der Waals surface area contributed by atoms with Crippen molar-refractivity contribution < 1.29 is 4.79 Å². The van der Waals surface area contributed by atoms with E-state index in [1.807, 2.05) is 6.92 Å². The van der Waals surface area contributed by atoms with Gasteiger partial charge in [-0.15, -0.1) is 11.8 Å². The molecule has 3 N–H and O–H groups in total. The minimum atomic E-state index is 0.0131. The predicted octanol–water partition coefficient (Wildman–Crippen LogP) is 1.37. The molecule has 1 atom stereocenters. The van der Waals surface area contributed by atoms with Gasteiger partial charge in [0, 0.05) is 18.3 Å². The second kappa shape index (κ2) is 8.12. The standard InChI is InChI=1S/C10H22N2OS/c1-4-9(5-2)12-10(13)8(3)14-7-6-11/h8-9H,4-7,11H2,1-3H3,(H,12,13). The van der Waals surface area contributed by atoms with Crippen molar-refractivity contribution in [1.29, 1.82) is 0 Å². The Labute approximate surface area is 91.2 Å². The molecule has 3 nitrogen and oxygen atoms in total. The van der Waals surface area contributed by atoms with E-state index in [0.29, 0.717) is 12.6 Å². The zero-order valence-corrected chi connectivity index (χ0v) is 10.2. The molecule has 0 saturated heterocycles. The molecule has 4 heteroatoms. The summed E-state index contributed by atoms with van der Waals surface area (Å²) in [6.45, 7) is 6.74. The van der Waals surface area contributed by atoms with Gasteiger partial charge in [-0.1, -0.05) is 13.8 Å². The van der Waals surface area contributed by atoms with Crippen molar-refractivity contribution in [3.8, 4) is 0 Å². The first-order valence-corrected chi connectivity index (χ1v) is 6.32. The second-order valence-electron chi connectivity index (χ2n) is 3.32. The van der Waals surface area contributed by atoms with Gasteiger partial charge in [-0.3, -0.25) is 4.79 Å². The van der Waals surface area contributed by atoms with Crippen molar-refractivity contribution in [3.05, 3.63) is 0 Å². The number of nitrogens with one attached hydrogen (secondary N) is 1. The first-order valence-electron chi connectivity index (χ1n) is 5.27. The predicted molar refractivity (Wildman–Crippen MR) is 63.5 cm³/mol. The summed E-state index contributed by atoms with van der Waals surface area (Å²) in [6.07, 6.45) is 1.99. The monoisotopic (exact) mass is 218 g/mol. The van der Waals surface area contributed by atoms with Crippen LogP contribution in [0.1, 0.15) is 33.6 Å². The molecule has 0 rings (SSSR count). The molecule has 0 aliphatic heterocycles. The lowest BCUT2D eigenvalue weighted by atomic mass is 10.2. The largest absolute Gasteiger partial charge is 0.352 e. The Kier molecular flexibility index (Phi) is 7.99. The molecule has 0 aliphatic carbocycles. The van der Waals surface area contributed by atoms with Crippen molar-refractivity contribution in [1.82, 2.24) is 5.32 Å². The first-order chi connectivity index (χ1) is 6.65. The zero-order chi connectivity index (χ0) is 11.0. The van der Waals surface area contributed by atoms with Gasteiger partial charge in [-0.2, -0.15) is 0 Å². The second-order valence-corrected chi connectivity index (χ2v) is 4.77. The lowest BCUT2D eigenvalue weighted by molar-refractivity contribution is -0.121. The number of carbonyl (C=O) groups excluding carboxylic acids is 1. The fourth-order valence-electron chi connectivity index (χ4n) is 1.13. The van der Waals surface area contributed by atoms with E-state index in [1.54, 1.807) is 11.8 Å². The minimum absolute atomic E-state index is 0.0131. The van der Waals surface area contributed by atoms with Crippen LogP contribution in [-0.2, 0) is 4.79 Å². The van der Waals surface area contributed by atoms with Gasteiger partial charge in [0.2, 0.25) is 5.91 Å². The number of nitrogens with two attached hydrogens (primary N) is 1. The number of rotatable bonds is 7. The third-order valence-electron chi connectivity index (χ3n) is 2.19. The molecule has 1 amide bonds. The maximum atomic E-state index is 11.6. The van der Waals surface area contributed by atoms with Crippen LogP contribution in [-0.4, -0.2) is 29.5 Å². The summed E-state index contributed by atoms with van der Waals surface area (Å²) in [5.74, 6) is 0.981. The van der Waals surface area contributed by atoms with E-state index in [9.17, 15) is 4.79 Å². The van der Waals surface area contributed by atoms with Crippen molar-refractivity contribution in [2.75, 3.05) is 12.3 Å². The van der Waals surface area contributed by atoms with Crippen LogP contribution in [0, 0.1) is 0 Å². The maximum absolute atomic E-state index is 11.6. The van der Waals surface area contributed by atoms with Crippen LogP contribution in [0.25, 0.3) is 0 Å². The van der Waals surface area contributed by atoms with Gasteiger partial charge in [-0.05, 0) is 19.8 Å². The molecule has 0 spiro atoms. The quantitative estimate of drug-likeness (QED) is 0.678. The summed E-state index contributed by atoms with van der Waals surface area (Å²) in [5.41, 5.74) is 5.38. The van der Waals surface area contributed by atoms with Crippen molar-refractivity contribution in [2.24, 2.45) is 5.73 Å². The fraction of sp³-hybridized carbons (Fsp3) is 0.900. The van der Waals surface area contributed by atoms with E-state index in [4.69, 9.17) is 5.73 Å². The summed E-state index contributed by atoms with van der Waals surface area (Å²) in [6, 6.07) is 0.323. The third-order valence-corrected chi connectivity index (χ3v) is 3.37. The third kappa shape index (κ3) is 5.50. The average molecular weight is 218 g/mol. The molecule has 0 fully saturated rings. The van der Waals surface area contributed by atoms with Crippen LogP contribution in [0.3, 0.4) is 0 Å². The summed E-state index contributed by atoms with van der Waals surface area (Å²) in [5, 5.41) is 3.04. The molecule has 14 heavy (non-hydrogen) atoms. The topological polar surface area (TPSA) is 55.1 Å². The number of amides is 1. The zero-order valence-electron chi connectivity index (χ0n) is 9.38. The summed E-state index contributed by atoms with van der Waals surface area (Å²) in [7, 11) is 0. The fourth-order valence-corrected chi connectivity index (χ4v) is 1.84. The van der Waals surface area contributed by atoms with E-state index < -0.39 is 0 Å². The first kappa shape index (κ1) is 13.8. The van der Waals surface area contributed by atoms with E-state index in [2.05, 4.69) is 19.2 Å². The highest BCUT2D eigenvalue weighted by Gasteiger charge is 2.15. The van der Waals surface area contributed by atoms with Crippen molar-refractivity contribution in [3.63, 3.8) is 0 Å². The Hall–Kier alpha value is -0.220. The van der Waals surface area contributed by atoms with Gasteiger partial charge in [0.1, 0.15) is 0 Å². The summed E-state index contributed by atoms with van der Waals surface area (Å²) >= 11 is 1.61. The average Bonchev–Trinajstić information content (AvgIpc) is 2.21. The van der Waals surface area contributed by atoms with Crippen LogP contribution >= 0.6 is 11.8 Å². The molecule has 0 radical (unpaired) electrons. The normalized spacial score (nSPS) is 12.9.